The van der Waals surface area contributed by atoms with Crippen LogP contribution in [0.4, 0.5) is 23.2 Å². The molecule has 2 aromatic carbocycles. The van der Waals surface area contributed by atoms with Crippen molar-refractivity contribution in [3.05, 3.63) is 65.6 Å². The van der Waals surface area contributed by atoms with Crippen molar-refractivity contribution < 1.29 is 26.0 Å². The zero-order chi connectivity index (χ0) is 22.2. The van der Waals surface area contributed by atoms with Gasteiger partial charge in [-0.15, -0.1) is 0 Å². The van der Waals surface area contributed by atoms with Crippen molar-refractivity contribution in [2.45, 2.75) is 50.1 Å². The molecule has 0 unspecified atom stereocenters. The lowest BCUT2D eigenvalue weighted by molar-refractivity contribution is -0.137. The third kappa shape index (κ3) is 4.71. The Kier molecular flexibility index (Phi) is 5.72. The SMILES string of the molecule is O=S(=O)(Nc1cc(F)c2c(ccn2Cc2ccc(C(F)(F)F)cc2)c1)C1CCCCC1. The zero-order valence-electron chi connectivity index (χ0n) is 16.6. The summed E-state index contributed by atoms with van der Waals surface area (Å²) in [6.07, 6.45) is 1.18. The van der Waals surface area contributed by atoms with Crippen LogP contribution < -0.4 is 4.72 Å². The van der Waals surface area contributed by atoms with Crippen LogP contribution in [0.2, 0.25) is 0 Å². The first-order chi connectivity index (χ1) is 14.6. The van der Waals surface area contributed by atoms with Gasteiger partial charge in [-0.05, 0) is 42.7 Å². The van der Waals surface area contributed by atoms with Gasteiger partial charge in [-0.25, -0.2) is 12.8 Å². The van der Waals surface area contributed by atoms with Crippen LogP contribution in [0.3, 0.4) is 0 Å². The predicted molar refractivity (Wildman–Crippen MR) is 112 cm³/mol. The Bertz CT molecular complexity index is 1180. The van der Waals surface area contributed by atoms with Crippen LogP contribution in [0.15, 0.2) is 48.7 Å². The van der Waals surface area contributed by atoms with Gasteiger partial charge in [0, 0.05) is 24.2 Å². The number of aromatic nitrogens is 1. The third-order valence-electron chi connectivity index (χ3n) is 5.70. The van der Waals surface area contributed by atoms with Gasteiger partial charge >= 0.3 is 6.18 Å². The molecule has 9 heteroatoms. The molecule has 1 saturated carbocycles. The first-order valence-corrected chi connectivity index (χ1v) is 11.6. The Morgan fingerprint density at radius 1 is 1.00 bits per heavy atom. The predicted octanol–water partition coefficient (Wildman–Crippen LogP) is 5.92. The molecular formula is C22H22F4N2O2S. The highest BCUT2D eigenvalue weighted by atomic mass is 32.2. The first kappa shape index (κ1) is 21.7. The topological polar surface area (TPSA) is 51.1 Å². The molecule has 0 atom stereocenters. The van der Waals surface area contributed by atoms with Gasteiger partial charge in [0.15, 0.2) is 0 Å². The number of fused-ring (bicyclic) bond motifs is 1. The Morgan fingerprint density at radius 2 is 1.68 bits per heavy atom. The fraction of sp³-hybridized carbons (Fsp3) is 0.364. The van der Waals surface area contributed by atoms with E-state index in [4.69, 9.17) is 0 Å². The molecule has 0 radical (unpaired) electrons. The van der Waals surface area contributed by atoms with Crippen LogP contribution in [-0.4, -0.2) is 18.2 Å². The summed E-state index contributed by atoms with van der Waals surface area (Å²) in [4.78, 5) is 0. The molecule has 31 heavy (non-hydrogen) atoms. The molecular weight excluding hydrogens is 432 g/mol. The second-order valence-electron chi connectivity index (χ2n) is 7.94. The van der Waals surface area contributed by atoms with Crippen LogP contribution in [0.5, 0.6) is 0 Å². The van der Waals surface area contributed by atoms with Crippen LogP contribution in [-0.2, 0) is 22.7 Å². The maximum absolute atomic E-state index is 14.9. The zero-order valence-corrected chi connectivity index (χ0v) is 17.4. The number of nitrogens with zero attached hydrogens (tertiary/aromatic N) is 1. The monoisotopic (exact) mass is 454 g/mol. The molecule has 1 N–H and O–H groups in total. The maximum Gasteiger partial charge on any atom is 0.416 e. The average Bonchev–Trinajstić information content (AvgIpc) is 3.11. The fourth-order valence-corrected chi connectivity index (χ4v) is 5.67. The maximum atomic E-state index is 14.9. The van der Waals surface area contributed by atoms with E-state index in [1.807, 2.05) is 0 Å². The van der Waals surface area contributed by atoms with E-state index in [1.54, 1.807) is 22.9 Å². The number of alkyl halides is 3. The van der Waals surface area contributed by atoms with Crippen molar-refractivity contribution in [1.29, 1.82) is 0 Å². The van der Waals surface area contributed by atoms with Gasteiger partial charge in [-0.3, -0.25) is 4.72 Å². The lowest BCUT2D eigenvalue weighted by Gasteiger charge is -2.22. The summed E-state index contributed by atoms with van der Waals surface area (Å²) in [6.45, 7) is 0.186. The molecule has 0 saturated heterocycles. The molecule has 1 heterocycles. The van der Waals surface area contributed by atoms with Gasteiger partial charge in [0.2, 0.25) is 10.0 Å². The number of sulfonamides is 1. The highest BCUT2D eigenvalue weighted by Gasteiger charge is 2.30. The lowest BCUT2D eigenvalue weighted by atomic mass is 10.0. The van der Waals surface area contributed by atoms with Crippen LogP contribution >= 0.6 is 0 Å². The Balaban J connectivity index is 1.56. The second kappa shape index (κ2) is 8.18. The van der Waals surface area contributed by atoms with Gasteiger partial charge in [0.25, 0.3) is 0 Å². The molecule has 1 aromatic heterocycles. The first-order valence-electron chi connectivity index (χ1n) is 10.1. The van der Waals surface area contributed by atoms with Crippen molar-refractivity contribution in [3.8, 4) is 0 Å². The number of hydrogen-bond acceptors (Lipinski definition) is 2. The van der Waals surface area contributed by atoms with Gasteiger partial charge in [0.05, 0.1) is 22.0 Å². The van der Waals surface area contributed by atoms with E-state index < -0.39 is 32.8 Å². The summed E-state index contributed by atoms with van der Waals surface area (Å²) in [5.41, 5.74) is 0.282. The van der Waals surface area contributed by atoms with Crippen molar-refractivity contribution in [2.24, 2.45) is 0 Å². The summed E-state index contributed by atoms with van der Waals surface area (Å²) >= 11 is 0. The normalized spacial score (nSPS) is 16.0. The minimum absolute atomic E-state index is 0.169. The molecule has 0 aliphatic heterocycles. The molecule has 4 nitrogen and oxygen atoms in total. The molecule has 1 aliphatic rings. The van der Waals surface area contributed by atoms with Gasteiger partial charge in [-0.2, -0.15) is 13.2 Å². The van der Waals surface area contributed by atoms with Crippen molar-refractivity contribution in [3.63, 3.8) is 0 Å². The molecule has 1 fully saturated rings. The van der Waals surface area contributed by atoms with Gasteiger partial charge < -0.3 is 4.57 Å². The Labute approximate surface area is 177 Å². The van der Waals surface area contributed by atoms with E-state index in [2.05, 4.69) is 4.72 Å². The summed E-state index contributed by atoms with van der Waals surface area (Å²) < 4.78 is 82.4. The Hall–Kier alpha value is -2.55. The van der Waals surface area contributed by atoms with Crippen LogP contribution in [0.1, 0.15) is 43.2 Å². The minimum Gasteiger partial charge on any atom is -0.341 e. The summed E-state index contributed by atoms with van der Waals surface area (Å²) in [5, 5.41) is 0.0394. The molecule has 1 aliphatic carbocycles. The highest BCUT2D eigenvalue weighted by molar-refractivity contribution is 7.93. The van der Waals surface area contributed by atoms with Crippen LogP contribution in [0.25, 0.3) is 10.9 Å². The van der Waals surface area contributed by atoms with Gasteiger partial charge in [0.1, 0.15) is 5.82 Å². The van der Waals surface area contributed by atoms with E-state index in [0.29, 0.717) is 23.8 Å². The molecule has 0 amide bonds. The van der Waals surface area contributed by atoms with Crippen molar-refractivity contribution >= 4 is 26.6 Å². The van der Waals surface area contributed by atoms with E-state index in [1.165, 1.54) is 12.1 Å². The molecule has 166 valence electrons. The highest BCUT2D eigenvalue weighted by Crippen LogP contribution is 2.31. The fourth-order valence-electron chi connectivity index (χ4n) is 4.10. The average molecular weight is 454 g/mol. The van der Waals surface area contributed by atoms with Gasteiger partial charge in [-0.1, -0.05) is 31.4 Å². The number of hydrogen-bond donors (Lipinski definition) is 1. The van der Waals surface area contributed by atoms with E-state index in [-0.39, 0.29) is 17.7 Å². The molecule has 0 bridgehead atoms. The molecule has 3 aromatic rings. The summed E-state index contributed by atoms with van der Waals surface area (Å²) in [6, 6.07) is 9.08. The third-order valence-corrected chi connectivity index (χ3v) is 7.57. The van der Waals surface area contributed by atoms with Crippen LogP contribution in [0, 0.1) is 5.82 Å². The lowest BCUT2D eigenvalue weighted by Crippen LogP contribution is -2.29. The van der Waals surface area contributed by atoms with Crippen molar-refractivity contribution in [1.82, 2.24) is 4.57 Å². The number of nitrogens with one attached hydrogen (secondary N) is 1. The van der Waals surface area contributed by atoms with E-state index in [9.17, 15) is 26.0 Å². The Morgan fingerprint density at radius 3 is 2.32 bits per heavy atom. The molecule has 4 rings (SSSR count). The number of benzene rings is 2. The largest absolute Gasteiger partial charge is 0.416 e. The standard InChI is InChI=1S/C22H22F4N2O2S/c23-20-13-18(27-31(29,30)19-4-2-1-3-5-19)12-16-10-11-28(21(16)20)14-15-6-8-17(9-7-15)22(24,25)26/h6-13,19,27H,1-5,14H2. The smallest absolute Gasteiger partial charge is 0.341 e. The number of halogens is 4. The quantitative estimate of drug-likeness (QED) is 0.487. The summed E-state index contributed by atoms with van der Waals surface area (Å²) in [5.74, 6) is -0.601. The van der Waals surface area contributed by atoms with Crippen molar-refractivity contribution in [2.75, 3.05) is 4.72 Å². The second-order valence-corrected chi connectivity index (χ2v) is 9.90. The molecule has 0 spiro atoms. The number of anilines is 1. The van der Waals surface area contributed by atoms with E-state index in [0.717, 1.165) is 37.5 Å². The summed E-state index contributed by atoms with van der Waals surface area (Å²) in [7, 11) is -3.60. The number of rotatable bonds is 5. The van der Waals surface area contributed by atoms with E-state index >= 15 is 0 Å². The minimum atomic E-state index is -4.41.